The number of fused-ring (bicyclic) bond motifs is 1. The second-order valence-corrected chi connectivity index (χ2v) is 11.8. The Hall–Kier alpha value is -0.0500. The second-order valence-electron chi connectivity index (χ2n) is 7.00. The Morgan fingerprint density at radius 2 is 1.84 bits per heavy atom. The summed E-state index contributed by atoms with van der Waals surface area (Å²) in [6, 6.07) is 12.2. The molecular weight excluding hydrogens is 446 g/mol. The summed E-state index contributed by atoms with van der Waals surface area (Å²) < 4.78 is 0. The molecule has 0 heterocycles. The normalized spacial score (nSPS) is 13.4. The van der Waals surface area contributed by atoms with Gasteiger partial charge in [-0.05, 0) is 12.8 Å². The summed E-state index contributed by atoms with van der Waals surface area (Å²) in [7, 11) is -1.49. The number of allylic oxidation sites excluding steroid dienone is 4. The number of hydrogen-bond acceptors (Lipinski definition) is 1. The first-order chi connectivity index (χ1) is 10.5. The molecule has 2 aromatic carbocycles. The Kier molecular flexibility index (Phi) is 10.3. The van der Waals surface area contributed by atoms with Gasteiger partial charge in [0.15, 0.2) is 0 Å². The van der Waals surface area contributed by atoms with Crippen LogP contribution >= 0.6 is 0 Å². The van der Waals surface area contributed by atoms with Gasteiger partial charge >= 0.3 is 26.2 Å². The first-order valence-corrected chi connectivity index (χ1v) is 11.4. The van der Waals surface area contributed by atoms with Gasteiger partial charge in [-0.2, -0.15) is 0 Å². The van der Waals surface area contributed by atoms with Gasteiger partial charge in [-0.15, -0.1) is 46.2 Å². The summed E-state index contributed by atoms with van der Waals surface area (Å²) >= 11 is 0. The smallest absolute Gasteiger partial charge is 1.00 e. The molecule has 0 unspecified atom stereocenters. The number of benzene rings is 1. The number of hydrogen-bond donors (Lipinski definition) is 1. The van der Waals surface area contributed by atoms with Crippen molar-refractivity contribution in [2.75, 3.05) is 6.61 Å². The SMILES string of the molecule is Cc1[cH-]c2ccccc2c1C1=C([Si](C)(C)CCCO)C=CC1.[Cl-].[Cl-].[Zr+3]. The Balaban J connectivity index is 0.00000192. The van der Waals surface area contributed by atoms with Crippen molar-refractivity contribution in [3.05, 3.63) is 58.8 Å². The van der Waals surface area contributed by atoms with Crippen LogP contribution in [-0.4, -0.2) is 19.8 Å². The molecule has 1 nitrogen and oxygen atoms in total. The van der Waals surface area contributed by atoms with Crippen molar-refractivity contribution in [1.29, 1.82) is 0 Å². The van der Waals surface area contributed by atoms with Gasteiger partial charge < -0.3 is 29.9 Å². The van der Waals surface area contributed by atoms with E-state index in [9.17, 15) is 5.11 Å². The Bertz CT molecular complexity index is 762. The maximum Gasteiger partial charge on any atom is 3.00 e. The maximum absolute atomic E-state index is 9.20. The molecule has 0 fully saturated rings. The molecule has 0 aromatic heterocycles. The van der Waals surface area contributed by atoms with E-state index in [0.29, 0.717) is 6.61 Å². The largest absolute Gasteiger partial charge is 3.00 e. The van der Waals surface area contributed by atoms with Gasteiger partial charge in [-0.3, -0.25) is 0 Å². The van der Waals surface area contributed by atoms with Gasteiger partial charge in [0.2, 0.25) is 0 Å². The number of halogens is 2. The van der Waals surface area contributed by atoms with E-state index < -0.39 is 8.07 Å². The average Bonchev–Trinajstić information content (AvgIpc) is 3.08. The molecule has 2 aromatic rings. The molecule has 0 spiro atoms. The van der Waals surface area contributed by atoms with E-state index in [-0.39, 0.29) is 51.0 Å². The molecule has 0 aliphatic heterocycles. The summed E-state index contributed by atoms with van der Waals surface area (Å²) in [4.78, 5) is 0. The van der Waals surface area contributed by atoms with Crippen LogP contribution in [0.4, 0.5) is 0 Å². The predicted octanol–water partition coefficient (Wildman–Crippen LogP) is -0.784. The third kappa shape index (κ3) is 5.02. The molecule has 0 amide bonds. The van der Waals surface area contributed by atoms with Crippen LogP contribution in [0.2, 0.25) is 19.1 Å². The van der Waals surface area contributed by atoms with Gasteiger partial charge in [-0.1, -0.05) is 55.0 Å². The summed E-state index contributed by atoms with van der Waals surface area (Å²) in [5.41, 5.74) is 4.39. The van der Waals surface area contributed by atoms with Gasteiger partial charge in [0.25, 0.3) is 0 Å². The van der Waals surface area contributed by atoms with Gasteiger partial charge in [0.1, 0.15) is 0 Å². The minimum Gasteiger partial charge on any atom is -1.00 e. The molecule has 0 bridgehead atoms. The van der Waals surface area contributed by atoms with Gasteiger partial charge in [0.05, 0.1) is 8.07 Å². The predicted molar refractivity (Wildman–Crippen MR) is 98.9 cm³/mol. The van der Waals surface area contributed by atoms with Crippen molar-refractivity contribution >= 4 is 24.4 Å². The number of aliphatic hydroxyl groups excluding tert-OH is 1. The molecule has 0 saturated heterocycles. The molecule has 1 radical (unpaired) electrons. The zero-order chi connectivity index (χ0) is 15.7. The van der Waals surface area contributed by atoms with E-state index in [1.165, 1.54) is 27.5 Å². The molecule has 25 heavy (non-hydrogen) atoms. The van der Waals surface area contributed by atoms with Crippen molar-refractivity contribution < 1.29 is 56.1 Å². The molecule has 1 N–H and O–H groups in total. The minimum atomic E-state index is -1.49. The number of aryl methyl sites for hydroxylation is 1. The van der Waals surface area contributed by atoms with Crippen LogP contribution in [0.15, 0.2) is 47.7 Å². The van der Waals surface area contributed by atoms with Crippen LogP contribution in [-0.2, 0) is 26.2 Å². The van der Waals surface area contributed by atoms with E-state index in [2.05, 4.69) is 62.5 Å². The van der Waals surface area contributed by atoms with Crippen LogP contribution in [0, 0.1) is 6.92 Å². The topological polar surface area (TPSA) is 20.2 Å². The molecule has 0 saturated carbocycles. The van der Waals surface area contributed by atoms with Crippen molar-refractivity contribution in [3.63, 3.8) is 0 Å². The summed E-state index contributed by atoms with van der Waals surface area (Å²) in [6.07, 6.45) is 6.66. The Morgan fingerprint density at radius 1 is 1.16 bits per heavy atom. The molecule has 1 aliphatic rings. The van der Waals surface area contributed by atoms with Crippen molar-refractivity contribution in [3.8, 4) is 0 Å². The standard InChI is InChI=1S/C20H25OSi.2ClH.Zr/c1-15-14-16-8-4-5-9-17(16)20(15)18-10-6-11-19(18)22(2,3)13-7-12-21;;;/h4-6,8-9,11,14,21H,7,10,12-13H2,1-3H3;2*1H;/q-1;;;+3/p-2. The van der Waals surface area contributed by atoms with Gasteiger partial charge in [0, 0.05) is 6.61 Å². The molecule has 133 valence electrons. The Labute approximate surface area is 183 Å². The van der Waals surface area contributed by atoms with Crippen molar-refractivity contribution in [2.45, 2.75) is 38.9 Å². The molecule has 1 aliphatic carbocycles. The Morgan fingerprint density at radius 3 is 2.52 bits per heavy atom. The quantitative estimate of drug-likeness (QED) is 0.448. The van der Waals surface area contributed by atoms with Crippen LogP contribution in [0.5, 0.6) is 0 Å². The zero-order valence-electron chi connectivity index (χ0n) is 15.1. The number of rotatable bonds is 5. The van der Waals surface area contributed by atoms with E-state index >= 15 is 0 Å². The van der Waals surface area contributed by atoms with E-state index in [4.69, 9.17) is 0 Å². The van der Waals surface area contributed by atoms with Crippen molar-refractivity contribution in [1.82, 2.24) is 0 Å². The fraction of sp³-hybridized carbons (Fsp3) is 0.350. The second kappa shape index (κ2) is 10.3. The maximum atomic E-state index is 9.20. The fourth-order valence-electron chi connectivity index (χ4n) is 3.80. The summed E-state index contributed by atoms with van der Waals surface area (Å²) in [5, 5.41) is 13.5. The first kappa shape index (κ1) is 24.9. The number of aliphatic hydroxyl groups is 1. The van der Waals surface area contributed by atoms with E-state index in [1.807, 2.05) is 0 Å². The van der Waals surface area contributed by atoms with Crippen LogP contribution in [0.3, 0.4) is 0 Å². The van der Waals surface area contributed by atoms with Crippen molar-refractivity contribution in [2.24, 2.45) is 0 Å². The zero-order valence-corrected chi connectivity index (χ0v) is 20.0. The minimum absolute atomic E-state index is 0. The molecule has 5 heteroatoms. The summed E-state index contributed by atoms with van der Waals surface area (Å²) in [6.45, 7) is 7.42. The first-order valence-electron chi connectivity index (χ1n) is 8.21. The van der Waals surface area contributed by atoms with Gasteiger partial charge in [-0.25, -0.2) is 0 Å². The third-order valence-corrected chi connectivity index (χ3v) is 8.45. The third-order valence-electron chi connectivity index (χ3n) is 4.92. The monoisotopic (exact) mass is 469 g/mol. The summed E-state index contributed by atoms with van der Waals surface area (Å²) in [5.74, 6) is 0. The average molecular weight is 472 g/mol. The molecular formula is C20H25Cl2OSiZr. The van der Waals surface area contributed by atoms with Crippen LogP contribution < -0.4 is 24.8 Å². The van der Waals surface area contributed by atoms with E-state index in [0.717, 1.165) is 18.9 Å². The molecule has 0 atom stereocenters. The van der Waals surface area contributed by atoms with Crippen LogP contribution in [0.25, 0.3) is 16.3 Å². The van der Waals surface area contributed by atoms with Crippen LogP contribution in [0.1, 0.15) is 24.0 Å². The molecule has 3 rings (SSSR count). The fourth-order valence-corrected chi connectivity index (χ4v) is 6.72. The van der Waals surface area contributed by atoms with E-state index in [1.54, 1.807) is 5.20 Å².